The van der Waals surface area contributed by atoms with Crippen LogP contribution in [0.1, 0.15) is 21.6 Å². The average Bonchev–Trinajstić information content (AvgIpc) is 3.41. The van der Waals surface area contributed by atoms with E-state index < -0.39 is 12.5 Å². The Hall–Kier alpha value is -3.79. The smallest absolute Gasteiger partial charge is 0.387 e. The van der Waals surface area contributed by atoms with Gasteiger partial charge in [-0.25, -0.2) is 9.67 Å². The fraction of sp³-hybridized carbons (Fsp3) is 0.174. The lowest BCUT2D eigenvalue weighted by Crippen LogP contribution is -2.14. The second-order valence-corrected chi connectivity index (χ2v) is 8.09. The first-order valence-corrected chi connectivity index (χ1v) is 10.8. The maximum absolute atomic E-state index is 12.5. The minimum absolute atomic E-state index is 0.0644. The van der Waals surface area contributed by atoms with Gasteiger partial charge in [0, 0.05) is 17.1 Å². The maximum atomic E-state index is 12.5. The molecule has 0 atom stereocenters. The van der Waals surface area contributed by atoms with Crippen molar-refractivity contribution in [1.29, 1.82) is 0 Å². The number of alkyl halides is 2. The van der Waals surface area contributed by atoms with Gasteiger partial charge >= 0.3 is 6.61 Å². The van der Waals surface area contributed by atoms with Crippen molar-refractivity contribution < 1.29 is 23.0 Å². The number of rotatable bonds is 8. The Morgan fingerprint density at radius 3 is 2.52 bits per heavy atom. The molecule has 33 heavy (non-hydrogen) atoms. The van der Waals surface area contributed by atoms with E-state index in [0.29, 0.717) is 16.4 Å². The number of thiazole rings is 1. The molecule has 0 saturated heterocycles. The highest BCUT2D eigenvalue weighted by Gasteiger charge is 2.13. The molecule has 7 nitrogen and oxygen atoms in total. The summed E-state index contributed by atoms with van der Waals surface area (Å²) in [4.78, 5) is 16.9. The van der Waals surface area contributed by atoms with E-state index in [1.165, 1.54) is 28.2 Å². The molecule has 0 aliphatic carbocycles. The highest BCUT2D eigenvalue weighted by atomic mass is 32.1. The molecule has 0 radical (unpaired) electrons. The van der Waals surface area contributed by atoms with E-state index in [4.69, 9.17) is 4.74 Å². The fourth-order valence-corrected chi connectivity index (χ4v) is 3.86. The summed E-state index contributed by atoms with van der Waals surface area (Å²) >= 11 is 1.25. The quantitative estimate of drug-likeness (QED) is 0.367. The Morgan fingerprint density at radius 1 is 1.09 bits per heavy atom. The van der Waals surface area contributed by atoms with Crippen molar-refractivity contribution in [2.45, 2.75) is 27.2 Å². The Morgan fingerprint density at radius 2 is 1.82 bits per heavy atom. The first-order valence-electron chi connectivity index (χ1n) is 9.92. The number of halogens is 2. The first-order chi connectivity index (χ1) is 15.9. The van der Waals surface area contributed by atoms with Crippen molar-refractivity contribution in [2.75, 3.05) is 5.32 Å². The zero-order chi connectivity index (χ0) is 23.4. The number of aromatic nitrogens is 3. The molecular formula is C23H20F2N4O3S. The molecule has 1 N–H and O–H groups in total. The van der Waals surface area contributed by atoms with E-state index in [-0.39, 0.29) is 18.2 Å². The molecular weight excluding hydrogens is 450 g/mol. The molecule has 2 aromatic heterocycles. The van der Waals surface area contributed by atoms with Gasteiger partial charge in [-0.15, -0.1) is 11.3 Å². The number of carbonyl (C=O) groups is 1. The number of ether oxygens (including phenoxy) is 2. The lowest BCUT2D eigenvalue weighted by molar-refractivity contribution is -0.0498. The van der Waals surface area contributed by atoms with Crippen molar-refractivity contribution >= 4 is 22.4 Å². The predicted octanol–water partition coefficient (Wildman–Crippen LogP) is 5.51. The standard InChI is InChI=1S/C23H20F2N4O3S/c1-14-9-15(2)11-18(10-14)31-13-29-8-7-19(28-29)21(30)27-23-26-20(12-33-23)16-3-5-17(6-4-16)32-22(24)25/h3-12,22H,13H2,1-2H3,(H,26,27,30). The Kier molecular flexibility index (Phi) is 6.64. The van der Waals surface area contributed by atoms with Gasteiger partial charge in [0.25, 0.3) is 5.91 Å². The van der Waals surface area contributed by atoms with Crippen LogP contribution in [-0.2, 0) is 6.73 Å². The van der Waals surface area contributed by atoms with Crippen LogP contribution < -0.4 is 14.8 Å². The van der Waals surface area contributed by atoms with Crippen molar-refractivity contribution in [3.63, 3.8) is 0 Å². The summed E-state index contributed by atoms with van der Waals surface area (Å²) in [5, 5.41) is 9.11. The van der Waals surface area contributed by atoms with Crippen molar-refractivity contribution in [3.05, 3.63) is 76.9 Å². The monoisotopic (exact) mass is 470 g/mol. The van der Waals surface area contributed by atoms with Gasteiger partial charge in [-0.05, 0) is 67.4 Å². The lowest BCUT2D eigenvalue weighted by atomic mass is 10.1. The Balaban J connectivity index is 1.35. The molecule has 0 unspecified atom stereocenters. The summed E-state index contributed by atoms with van der Waals surface area (Å²) in [7, 11) is 0. The van der Waals surface area contributed by atoms with Crippen LogP contribution in [-0.4, -0.2) is 27.3 Å². The Bertz CT molecular complexity index is 1230. The molecule has 0 fully saturated rings. The van der Waals surface area contributed by atoms with Crippen LogP contribution >= 0.6 is 11.3 Å². The molecule has 0 aliphatic heterocycles. The predicted molar refractivity (Wildman–Crippen MR) is 121 cm³/mol. The minimum atomic E-state index is -2.88. The van der Waals surface area contributed by atoms with Crippen LogP contribution in [0.15, 0.2) is 60.1 Å². The number of aryl methyl sites for hydroxylation is 2. The van der Waals surface area contributed by atoms with E-state index in [9.17, 15) is 13.6 Å². The van der Waals surface area contributed by atoms with E-state index in [1.54, 1.807) is 29.8 Å². The van der Waals surface area contributed by atoms with Crippen LogP contribution in [0.25, 0.3) is 11.3 Å². The maximum Gasteiger partial charge on any atom is 0.387 e. The lowest BCUT2D eigenvalue weighted by Gasteiger charge is -2.08. The van der Waals surface area contributed by atoms with Gasteiger partial charge in [0.15, 0.2) is 17.6 Å². The second kappa shape index (κ2) is 9.78. The largest absolute Gasteiger partial charge is 0.471 e. The molecule has 0 saturated carbocycles. The van der Waals surface area contributed by atoms with Crippen LogP contribution in [0.4, 0.5) is 13.9 Å². The van der Waals surface area contributed by atoms with Crippen LogP contribution in [0.5, 0.6) is 11.5 Å². The van der Waals surface area contributed by atoms with Gasteiger partial charge < -0.3 is 9.47 Å². The number of nitrogens with one attached hydrogen (secondary N) is 1. The highest BCUT2D eigenvalue weighted by molar-refractivity contribution is 7.14. The highest BCUT2D eigenvalue weighted by Crippen LogP contribution is 2.27. The number of benzene rings is 2. The van der Waals surface area contributed by atoms with Gasteiger partial charge in [-0.3, -0.25) is 10.1 Å². The van der Waals surface area contributed by atoms with E-state index in [1.807, 2.05) is 26.0 Å². The molecule has 1 amide bonds. The number of nitrogens with zero attached hydrogens (tertiary/aromatic N) is 3. The summed E-state index contributed by atoms with van der Waals surface area (Å²) in [5.74, 6) is 0.398. The van der Waals surface area contributed by atoms with E-state index in [2.05, 4.69) is 26.2 Å². The molecule has 10 heteroatoms. The van der Waals surface area contributed by atoms with Crippen LogP contribution in [0.3, 0.4) is 0 Å². The number of carbonyl (C=O) groups excluding carboxylic acids is 1. The third kappa shape index (κ3) is 5.92. The first kappa shape index (κ1) is 22.4. The SMILES string of the molecule is Cc1cc(C)cc(OCn2ccc(C(=O)Nc3nc(-c4ccc(OC(F)F)cc4)cs3)n2)c1. The van der Waals surface area contributed by atoms with Crippen LogP contribution in [0, 0.1) is 13.8 Å². The average molecular weight is 471 g/mol. The third-order valence-electron chi connectivity index (χ3n) is 4.53. The molecule has 4 aromatic rings. The Labute approximate surface area is 192 Å². The molecule has 2 heterocycles. The summed E-state index contributed by atoms with van der Waals surface area (Å²) < 4.78 is 36.2. The summed E-state index contributed by atoms with van der Waals surface area (Å²) in [6.07, 6.45) is 1.66. The second-order valence-electron chi connectivity index (χ2n) is 7.23. The van der Waals surface area contributed by atoms with Gasteiger partial charge in [-0.1, -0.05) is 6.07 Å². The fourth-order valence-electron chi connectivity index (χ4n) is 3.14. The van der Waals surface area contributed by atoms with E-state index >= 15 is 0 Å². The van der Waals surface area contributed by atoms with Crippen LogP contribution in [0.2, 0.25) is 0 Å². The molecule has 4 rings (SSSR count). The topological polar surface area (TPSA) is 78.3 Å². The minimum Gasteiger partial charge on any atom is -0.471 e. The van der Waals surface area contributed by atoms with Gasteiger partial charge in [0.1, 0.15) is 11.5 Å². The molecule has 0 aliphatic rings. The third-order valence-corrected chi connectivity index (χ3v) is 5.29. The molecule has 0 spiro atoms. The molecule has 0 bridgehead atoms. The van der Waals surface area contributed by atoms with Crippen molar-refractivity contribution in [2.24, 2.45) is 0 Å². The molecule has 2 aromatic carbocycles. The van der Waals surface area contributed by atoms with Gasteiger partial charge in [-0.2, -0.15) is 13.9 Å². The summed E-state index contributed by atoms with van der Waals surface area (Å²) in [6.45, 7) is 1.29. The van der Waals surface area contributed by atoms with E-state index in [0.717, 1.165) is 16.9 Å². The summed E-state index contributed by atoms with van der Waals surface area (Å²) in [5.41, 5.74) is 3.74. The zero-order valence-corrected chi connectivity index (χ0v) is 18.6. The van der Waals surface area contributed by atoms with Crippen molar-refractivity contribution in [1.82, 2.24) is 14.8 Å². The zero-order valence-electron chi connectivity index (χ0n) is 17.8. The number of anilines is 1. The number of amides is 1. The number of hydrogen-bond acceptors (Lipinski definition) is 6. The van der Waals surface area contributed by atoms with Gasteiger partial charge in [0.2, 0.25) is 0 Å². The van der Waals surface area contributed by atoms with Gasteiger partial charge in [0.05, 0.1) is 5.69 Å². The molecule has 170 valence electrons. The van der Waals surface area contributed by atoms with Crippen molar-refractivity contribution in [3.8, 4) is 22.8 Å². The normalized spacial score (nSPS) is 10.9. The number of hydrogen-bond donors (Lipinski definition) is 1. The summed E-state index contributed by atoms with van der Waals surface area (Å²) in [6, 6.07) is 13.6.